The summed E-state index contributed by atoms with van der Waals surface area (Å²) in [4.78, 5) is 18.1. The van der Waals surface area contributed by atoms with Crippen LogP contribution in [0.3, 0.4) is 0 Å². The third kappa shape index (κ3) is 5.99. The van der Waals surface area contributed by atoms with Gasteiger partial charge in [-0.3, -0.25) is 0 Å². The maximum absolute atomic E-state index is 4.71. The maximum Gasteiger partial charge on any atom is 0.135 e. The third-order valence-corrected chi connectivity index (χ3v) is 4.89. The predicted molar refractivity (Wildman–Crippen MR) is 124 cm³/mol. The van der Waals surface area contributed by atoms with Gasteiger partial charge in [-0.05, 0) is 25.8 Å². The fraction of sp³-hybridized carbons (Fsp3) is 0.565. The van der Waals surface area contributed by atoms with Gasteiger partial charge in [-0.2, -0.15) is 0 Å². The molecule has 1 aliphatic rings. The van der Waals surface area contributed by atoms with Crippen molar-refractivity contribution < 1.29 is 0 Å². The van der Waals surface area contributed by atoms with Gasteiger partial charge >= 0.3 is 0 Å². The first-order valence-electron chi connectivity index (χ1n) is 10.6. The average Bonchev–Trinajstić information content (AvgIpc) is 3.05. The van der Waals surface area contributed by atoms with E-state index < -0.39 is 0 Å². The smallest absolute Gasteiger partial charge is 0.135 e. The molecular weight excluding hydrogens is 360 g/mol. The number of nitrogens with zero attached hydrogens (tertiary/aromatic N) is 5. The van der Waals surface area contributed by atoms with Crippen molar-refractivity contribution in [3.05, 3.63) is 36.2 Å². The van der Waals surface area contributed by atoms with Gasteiger partial charge < -0.3 is 9.88 Å². The van der Waals surface area contributed by atoms with Crippen LogP contribution in [0.4, 0.5) is 11.6 Å². The molecule has 29 heavy (non-hydrogen) atoms. The highest BCUT2D eigenvalue weighted by Crippen LogP contribution is 2.31. The number of pyridine rings is 1. The first-order valence-corrected chi connectivity index (χ1v) is 10.6. The standard InChI is InChI=1S/C18H22N6.2C2H6.CH4/c1-12-21-14-11-20-17(10-15(14)24(12)2)22-16-8-9-19-18(23-16)13-6-4-3-5-7-13;2*1-2;/h8-11,13H,3-7H2,1-2H3,(H,19,20,22,23);2*1-2H3;1H4. The second kappa shape index (κ2) is 12.1. The Bertz CT molecular complexity index is 865. The van der Waals surface area contributed by atoms with Gasteiger partial charge in [0.1, 0.15) is 28.8 Å². The van der Waals surface area contributed by atoms with Gasteiger partial charge in [-0.1, -0.05) is 54.4 Å². The molecule has 0 radical (unpaired) electrons. The Morgan fingerprint density at radius 3 is 2.34 bits per heavy atom. The van der Waals surface area contributed by atoms with E-state index in [0.29, 0.717) is 5.92 Å². The SMILES string of the molecule is C.CC.CC.Cc1nc2cnc(Nc3ccnc(C4CCCCC4)n3)cc2n1C. The highest BCUT2D eigenvalue weighted by molar-refractivity contribution is 5.78. The molecule has 0 spiro atoms. The molecule has 3 heterocycles. The number of rotatable bonds is 3. The molecule has 1 aliphatic carbocycles. The van der Waals surface area contributed by atoms with E-state index in [-0.39, 0.29) is 7.43 Å². The topological polar surface area (TPSA) is 68.5 Å². The molecule has 0 aliphatic heterocycles. The van der Waals surface area contributed by atoms with Gasteiger partial charge in [-0.25, -0.2) is 19.9 Å². The van der Waals surface area contributed by atoms with E-state index in [2.05, 4.69) is 24.8 Å². The maximum atomic E-state index is 4.71. The van der Waals surface area contributed by atoms with Crippen LogP contribution >= 0.6 is 0 Å². The number of imidazole rings is 1. The van der Waals surface area contributed by atoms with Gasteiger partial charge in [0.05, 0.1) is 11.7 Å². The van der Waals surface area contributed by atoms with Crippen molar-refractivity contribution in [3.8, 4) is 0 Å². The minimum atomic E-state index is 0. The molecule has 6 heteroatoms. The molecule has 160 valence electrons. The Kier molecular flexibility index (Phi) is 10.3. The number of aryl methyl sites for hydroxylation is 2. The normalized spacial score (nSPS) is 13.4. The Hall–Kier alpha value is -2.50. The Balaban J connectivity index is 0.000000794. The number of nitrogens with one attached hydrogen (secondary N) is 1. The Labute approximate surface area is 176 Å². The second-order valence-electron chi connectivity index (χ2n) is 6.54. The van der Waals surface area contributed by atoms with E-state index in [0.717, 1.165) is 34.3 Å². The van der Waals surface area contributed by atoms with E-state index in [4.69, 9.17) is 4.98 Å². The molecule has 1 fully saturated rings. The summed E-state index contributed by atoms with van der Waals surface area (Å²) in [5.74, 6) is 4.01. The lowest BCUT2D eigenvalue weighted by molar-refractivity contribution is 0.429. The molecule has 4 rings (SSSR count). The molecule has 0 atom stereocenters. The summed E-state index contributed by atoms with van der Waals surface area (Å²) in [7, 11) is 2.01. The minimum absolute atomic E-state index is 0. The summed E-state index contributed by atoms with van der Waals surface area (Å²) >= 11 is 0. The number of anilines is 2. The first-order chi connectivity index (χ1) is 13.7. The fourth-order valence-corrected chi connectivity index (χ4v) is 3.42. The summed E-state index contributed by atoms with van der Waals surface area (Å²) in [6.45, 7) is 9.99. The second-order valence-corrected chi connectivity index (χ2v) is 6.54. The van der Waals surface area contributed by atoms with Crippen molar-refractivity contribution in [2.24, 2.45) is 7.05 Å². The lowest BCUT2D eigenvalue weighted by Gasteiger charge is -2.20. The summed E-state index contributed by atoms with van der Waals surface area (Å²) in [6, 6.07) is 3.91. The molecule has 1 saturated carbocycles. The van der Waals surface area contributed by atoms with Crippen LogP contribution in [0, 0.1) is 6.92 Å². The van der Waals surface area contributed by atoms with Crippen LogP contribution in [-0.4, -0.2) is 24.5 Å². The highest BCUT2D eigenvalue weighted by atomic mass is 15.1. The van der Waals surface area contributed by atoms with Crippen LogP contribution in [0.2, 0.25) is 0 Å². The van der Waals surface area contributed by atoms with Crippen molar-refractivity contribution >= 4 is 22.7 Å². The summed E-state index contributed by atoms with van der Waals surface area (Å²) in [6.07, 6.45) is 9.93. The summed E-state index contributed by atoms with van der Waals surface area (Å²) in [5.41, 5.74) is 1.97. The monoisotopic (exact) mass is 398 g/mol. The number of hydrogen-bond acceptors (Lipinski definition) is 5. The molecule has 0 amide bonds. The molecule has 3 aromatic heterocycles. The van der Waals surface area contributed by atoms with Crippen molar-refractivity contribution in [1.82, 2.24) is 24.5 Å². The number of aromatic nitrogens is 5. The molecule has 0 saturated heterocycles. The first kappa shape index (κ1) is 24.5. The van der Waals surface area contributed by atoms with Gasteiger partial charge in [0.25, 0.3) is 0 Å². The van der Waals surface area contributed by atoms with Crippen LogP contribution in [-0.2, 0) is 7.05 Å². The van der Waals surface area contributed by atoms with E-state index in [9.17, 15) is 0 Å². The van der Waals surface area contributed by atoms with Gasteiger partial charge in [0.2, 0.25) is 0 Å². The zero-order valence-electron chi connectivity index (χ0n) is 18.2. The van der Waals surface area contributed by atoms with Gasteiger partial charge in [0, 0.05) is 25.2 Å². The van der Waals surface area contributed by atoms with Crippen LogP contribution in [0.5, 0.6) is 0 Å². The largest absolute Gasteiger partial charge is 0.331 e. The van der Waals surface area contributed by atoms with Crippen molar-refractivity contribution in [2.45, 2.75) is 80.1 Å². The van der Waals surface area contributed by atoms with Crippen molar-refractivity contribution in [2.75, 3.05) is 5.32 Å². The predicted octanol–water partition coefficient (Wildman–Crippen LogP) is 6.55. The zero-order chi connectivity index (χ0) is 20.5. The van der Waals surface area contributed by atoms with Gasteiger partial charge in [0.15, 0.2) is 0 Å². The molecule has 0 unspecified atom stereocenters. The average molecular weight is 399 g/mol. The Morgan fingerprint density at radius 1 is 0.966 bits per heavy atom. The van der Waals surface area contributed by atoms with Crippen LogP contribution in [0.25, 0.3) is 11.0 Å². The Morgan fingerprint density at radius 2 is 1.66 bits per heavy atom. The van der Waals surface area contributed by atoms with E-state index in [1.54, 1.807) is 6.20 Å². The molecule has 1 N–H and O–H groups in total. The lowest BCUT2D eigenvalue weighted by atomic mass is 9.89. The third-order valence-electron chi connectivity index (χ3n) is 4.89. The van der Waals surface area contributed by atoms with Crippen LogP contribution < -0.4 is 5.32 Å². The quantitative estimate of drug-likeness (QED) is 0.542. The van der Waals surface area contributed by atoms with Gasteiger partial charge in [-0.15, -0.1) is 0 Å². The fourth-order valence-electron chi connectivity index (χ4n) is 3.42. The summed E-state index contributed by atoms with van der Waals surface area (Å²) in [5, 5.41) is 3.31. The van der Waals surface area contributed by atoms with E-state index in [1.807, 2.05) is 60.0 Å². The zero-order valence-corrected chi connectivity index (χ0v) is 18.2. The van der Waals surface area contributed by atoms with Crippen LogP contribution in [0.15, 0.2) is 24.5 Å². The number of hydrogen-bond donors (Lipinski definition) is 1. The molecule has 0 aromatic carbocycles. The van der Waals surface area contributed by atoms with Crippen LogP contribution in [0.1, 0.15) is 84.8 Å². The van der Waals surface area contributed by atoms with Crippen molar-refractivity contribution in [1.29, 1.82) is 0 Å². The molecule has 0 bridgehead atoms. The molecule has 3 aromatic rings. The highest BCUT2D eigenvalue weighted by Gasteiger charge is 2.18. The molecule has 6 nitrogen and oxygen atoms in total. The molecular formula is C23H38N6. The van der Waals surface area contributed by atoms with E-state index in [1.165, 1.54) is 32.1 Å². The number of fused-ring (bicyclic) bond motifs is 1. The summed E-state index contributed by atoms with van der Waals surface area (Å²) < 4.78 is 2.07. The van der Waals surface area contributed by atoms with E-state index >= 15 is 0 Å². The van der Waals surface area contributed by atoms with Crippen molar-refractivity contribution in [3.63, 3.8) is 0 Å². The lowest BCUT2D eigenvalue weighted by Crippen LogP contribution is -2.09. The minimum Gasteiger partial charge on any atom is -0.331 e.